The molecule has 3 aliphatic heterocycles. The van der Waals surface area contributed by atoms with Gasteiger partial charge >= 0.3 is 12.2 Å². The highest BCUT2D eigenvalue weighted by Crippen LogP contribution is 2.52. The van der Waals surface area contributed by atoms with E-state index in [4.69, 9.17) is 32.5 Å². The van der Waals surface area contributed by atoms with Crippen molar-refractivity contribution in [2.45, 2.75) is 43.2 Å². The number of nitrogens with two attached hydrogens (primary N) is 2. The van der Waals surface area contributed by atoms with E-state index in [0.29, 0.717) is 13.0 Å². The molecule has 1 unspecified atom stereocenters. The lowest BCUT2D eigenvalue weighted by Crippen LogP contribution is -2.43. The fraction of sp³-hybridized carbons (Fsp3) is 0.333. The van der Waals surface area contributed by atoms with Crippen molar-refractivity contribution in [1.82, 2.24) is 19.9 Å². The summed E-state index contributed by atoms with van der Waals surface area (Å²) in [6.07, 6.45) is -1.80. The SMILES string of the molecule is N#Cc1c(N)sc2c(F)ccc(-c3c(Cl)c4c5c(nc(OC[C@@]67CCCN6C[C@H](F)C7)nc5c3F)N(C(/C=C\C(F)(F)F)c3cccnc3N)CCO4)c12. The molecule has 2 aromatic carbocycles. The first-order valence-electron chi connectivity index (χ1n) is 16.8. The molecule has 0 spiro atoms. The van der Waals surface area contributed by atoms with E-state index in [1.54, 1.807) is 0 Å². The fourth-order valence-electron chi connectivity index (χ4n) is 7.91. The summed E-state index contributed by atoms with van der Waals surface area (Å²) in [5, 5.41) is 9.62. The van der Waals surface area contributed by atoms with Crippen LogP contribution < -0.4 is 25.8 Å². The van der Waals surface area contributed by atoms with Crippen LogP contribution >= 0.6 is 22.9 Å². The lowest BCUT2D eigenvalue weighted by Gasteiger charge is -2.32. The lowest BCUT2D eigenvalue weighted by molar-refractivity contribution is -0.0801. The summed E-state index contributed by atoms with van der Waals surface area (Å²) in [6, 6.07) is 5.73. The van der Waals surface area contributed by atoms with Crippen LogP contribution in [0.15, 0.2) is 42.6 Å². The van der Waals surface area contributed by atoms with E-state index in [1.807, 2.05) is 11.0 Å². The molecule has 280 valence electrons. The number of benzene rings is 2. The molecule has 0 radical (unpaired) electrons. The van der Waals surface area contributed by atoms with Gasteiger partial charge in [-0.05, 0) is 37.1 Å². The van der Waals surface area contributed by atoms with Crippen LogP contribution in [0.5, 0.6) is 11.8 Å². The smallest absolute Gasteiger partial charge is 0.409 e. The summed E-state index contributed by atoms with van der Waals surface area (Å²) in [5.74, 6) is -1.99. The number of rotatable bonds is 7. The molecule has 6 heterocycles. The molecule has 54 heavy (non-hydrogen) atoms. The average molecular weight is 787 g/mol. The van der Waals surface area contributed by atoms with Crippen molar-refractivity contribution in [2.24, 2.45) is 0 Å². The standard InChI is InChI=1S/C36H29ClF6N8O2S/c37-26-24(19-4-5-21(39)30-23(19)20(14-44)32(46)54-30)27(40)28-25-29(26)52-12-11-51(22(6-8-36(41,42)43)18-3-1-9-47-31(18)45)33(25)49-34(48-28)53-16-35-7-2-10-50(35)15-17(38)13-35/h1,3-6,8-9,17,22H,2,7,10-13,15-16,46H2,(H2,45,47)/b8-6-/t17-,22?,35+/m1/s1. The van der Waals surface area contributed by atoms with E-state index in [2.05, 4.69) is 15.0 Å². The minimum atomic E-state index is -4.72. The molecule has 10 nitrogen and oxygen atoms in total. The normalized spacial score (nSPS) is 20.7. The van der Waals surface area contributed by atoms with Crippen LogP contribution in [0, 0.1) is 23.0 Å². The van der Waals surface area contributed by atoms with Crippen LogP contribution in [0.25, 0.3) is 32.1 Å². The van der Waals surface area contributed by atoms with Crippen molar-refractivity contribution in [3.8, 4) is 29.0 Å². The van der Waals surface area contributed by atoms with Gasteiger partial charge in [-0.25, -0.2) is 18.2 Å². The van der Waals surface area contributed by atoms with Gasteiger partial charge in [0.25, 0.3) is 0 Å². The summed E-state index contributed by atoms with van der Waals surface area (Å²) < 4.78 is 101. The Morgan fingerprint density at radius 3 is 2.76 bits per heavy atom. The van der Waals surface area contributed by atoms with Gasteiger partial charge in [0.2, 0.25) is 0 Å². The third-order valence-corrected chi connectivity index (χ3v) is 11.6. The van der Waals surface area contributed by atoms with Crippen LogP contribution in [-0.4, -0.2) is 70.6 Å². The molecular formula is C36H29ClF6N8O2S. The molecule has 0 bridgehead atoms. The lowest BCUT2D eigenvalue weighted by atomic mass is 9.95. The quantitative estimate of drug-likeness (QED) is 0.124. The van der Waals surface area contributed by atoms with Crippen molar-refractivity contribution in [1.29, 1.82) is 5.26 Å². The van der Waals surface area contributed by atoms with Gasteiger partial charge in [-0.1, -0.05) is 29.8 Å². The molecule has 0 amide bonds. The third kappa shape index (κ3) is 5.96. The maximum atomic E-state index is 17.4. The van der Waals surface area contributed by atoms with Gasteiger partial charge in [-0.3, -0.25) is 4.90 Å². The third-order valence-electron chi connectivity index (χ3n) is 10.2. The Labute approximate surface area is 312 Å². The zero-order valence-corrected chi connectivity index (χ0v) is 29.6. The number of nitriles is 1. The monoisotopic (exact) mass is 786 g/mol. The predicted molar refractivity (Wildman–Crippen MR) is 192 cm³/mol. The predicted octanol–water partition coefficient (Wildman–Crippen LogP) is 7.89. The Kier molecular flexibility index (Phi) is 8.89. The largest absolute Gasteiger partial charge is 0.489 e. The Morgan fingerprint density at radius 1 is 1.19 bits per heavy atom. The van der Waals surface area contributed by atoms with E-state index >= 15 is 8.78 Å². The number of nitrogens with zero attached hydrogens (tertiary/aromatic N) is 6. The van der Waals surface area contributed by atoms with Gasteiger partial charge in [-0.15, -0.1) is 11.3 Å². The van der Waals surface area contributed by atoms with E-state index in [9.17, 15) is 22.8 Å². The minimum Gasteiger partial charge on any atom is -0.489 e. The second kappa shape index (κ2) is 13.4. The molecule has 4 N–H and O–H groups in total. The highest BCUT2D eigenvalue weighted by molar-refractivity contribution is 7.23. The number of fused-ring (bicyclic) bond motifs is 2. The number of hydrogen-bond acceptors (Lipinski definition) is 11. The summed E-state index contributed by atoms with van der Waals surface area (Å²) in [7, 11) is 0. The first-order chi connectivity index (χ1) is 25.8. The number of hydrogen-bond donors (Lipinski definition) is 2. The number of anilines is 3. The number of allylic oxidation sites excluding steroid dienone is 1. The van der Waals surface area contributed by atoms with Crippen LogP contribution in [0.1, 0.15) is 36.4 Å². The van der Waals surface area contributed by atoms with Crippen LogP contribution in [0.2, 0.25) is 5.02 Å². The maximum Gasteiger partial charge on any atom is 0.409 e. The van der Waals surface area contributed by atoms with E-state index in [0.717, 1.165) is 29.9 Å². The van der Waals surface area contributed by atoms with Crippen molar-refractivity contribution in [3.05, 3.63) is 70.4 Å². The van der Waals surface area contributed by atoms with Crippen LogP contribution in [0.3, 0.4) is 0 Å². The van der Waals surface area contributed by atoms with Crippen molar-refractivity contribution in [2.75, 3.05) is 49.2 Å². The highest BCUT2D eigenvalue weighted by Gasteiger charge is 2.49. The average Bonchev–Trinajstić information content (AvgIpc) is 3.73. The van der Waals surface area contributed by atoms with Crippen LogP contribution in [-0.2, 0) is 0 Å². The van der Waals surface area contributed by atoms with E-state index < -0.39 is 35.6 Å². The van der Waals surface area contributed by atoms with Gasteiger partial charge in [0, 0.05) is 41.8 Å². The molecule has 0 aliphatic carbocycles. The zero-order chi connectivity index (χ0) is 38.1. The number of aromatic nitrogens is 3. The molecule has 3 aliphatic rings. The molecule has 0 saturated carbocycles. The number of alkyl halides is 4. The summed E-state index contributed by atoms with van der Waals surface area (Å²) in [5.41, 5.74) is 11.1. The number of nitrogen functional groups attached to an aromatic ring is 2. The molecule has 3 atom stereocenters. The van der Waals surface area contributed by atoms with Crippen molar-refractivity contribution < 1.29 is 35.8 Å². The second-order valence-corrected chi connectivity index (χ2v) is 14.8. The number of ether oxygens (including phenoxy) is 2. The zero-order valence-electron chi connectivity index (χ0n) is 28.1. The summed E-state index contributed by atoms with van der Waals surface area (Å²) >= 11 is 7.81. The summed E-state index contributed by atoms with van der Waals surface area (Å²) in [4.78, 5) is 16.6. The minimum absolute atomic E-state index is 0.000991. The molecule has 2 saturated heterocycles. The molecule has 8 rings (SSSR count). The molecule has 5 aromatic rings. The van der Waals surface area contributed by atoms with Gasteiger partial charge in [0.05, 0.1) is 38.8 Å². The Morgan fingerprint density at radius 2 is 2.00 bits per heavy atom. The molecule has 2 fully saturated rings. The maximum absolute atomic E-state index is 17.4. The molecular weight excluding hydrogens is 758 g/mol. The molecule has 18 heteroatoms. The first-order valence-corrected chi connectivity index (χ1v) is 18.0. The molecule has 3 aromatic heterocycles. The number of pyridine rings is 1. The van der Waals surface area contributed by atoms with E-state index in [-0.39, 0.29) is 115 Å². The number of thiophene rings is 1. The van der Waals surface area contributed by atoms with Crippen molar-refractivity contribution >= 4 is 60.6 Å². The van der Waals surface area contributed by atoms with Crippen molar-refractivity contribution in [3.63, 3.8) is 0 Å². The first kappa shape index (κ1) is 36.0. The van der Waals surface area contributed by atoms with Gasteiger partial charge < -0.3 is 25.8 Å². The number of halogens is 7. The summed E-state index contributed by atoms with van der Waals surface area (Å²) in [6.45, 7) is 0.558. The second-order valence-electron chi connectivity index (χ2n) is 13.4. The fourth-order valence-corrected chi connectivity index (χ4v) is 9.20. The Balaban J connectivity index is 1.38. The topological polar surface area (TPSA) is 139 Å². The van der Waals surface area contributed by atoms with Gasteiger partial charge in [0.15, 0.2) is 11.6 Å². The Bertz CT molecular complexity index is 2400. The van der Waals surface area contributed by atoms with Gasteiger partial charge in [-0.2, -0.15) is 28.4 Å². The highest BCUT2D eigenvalue weighted by atomic mass is 35.5. The van der Waals surface area contributed by atoms with Crippen LogP contribution in [0.4, 0.5) is 43.0 Å². The Hall–Kier alpha value is -5.05. The van der Waals surface area contributed by atoms with Gasteiger partial charge in [0.1, 0.15) is 53.4 Å². The van der Waals surface area contributed by atoms with E-state index in [1.165, 1.54) is 29.3 Å².